The number of carbonyl (C=O) groups excluding carboxylic acids is 2. The molecular weight excluding hydrogens is 386 g/mol. The van der Waals surface area contributed by atoms with Gasteiger partial charge in [-0.05, 0) is 37.0 Å². The summed E-state index contributed by atoms with van der Waals surface area (Å²) in [4.78, 5) is 50.7. The van der Waals surface area contributed by atoms with Gasteiger partial charge in [-0.2, -0.15) is 4.98 Å². The number of nitrogens with two attached hydrogens (primary N) is 1. The maximum absolute atomic E-state index is 13.0. The molecule has 3 N–H and O–H groups in total. The number of rotatable bonds is 3. The van der Waals surface area contributed by atoms with Crippen LogP contribution in [-0.4, -0.2) is 39.7 Å². The molecule has 4 heterocycles. The van der Waals surface area contributed by atoms with E-state index in [-0.39, 0.29) is 29.1 Å². The smallest absolute Gasteiger partial charge is 0.262 e. The van der Waals surface area contributed by atoms with Crippen LogP contribution in [0.3, 0.4) is 0 Å². The quantitative estimate of drug-likeness (QED) is 0.672. The van der Waals surface area contributed by atoms with Crippen LogP contribution in [-0.2, 0) is 11.2 Å². The van der Waals surface area contributed by atoms with Gasteiger partial charge in [0, 0.05) is 43.1 Å². The van der Waals surface area contributed by atoms with Crippen molar-refractivity contribution in [3.05, 3.63) is 51.8 Å². The van der Waals surface area contributed by atoms with Crippen molar-refractivity contribution in [1.29, 1.82) is 0 Å². The molecule has 2 aliphatic rings. The lowest BCUT2D eigenvalue weighted by Crippen LogP contribution is -2.40. The van der Waals surface area contributed by atoms with E-state index in [9.17, 15) is 14.4 Å². The summed E-state index contributed by atoms with van der Waals surface area (Å²) in [5, 5.41) is 0.355. The van der Waals surface area contributed by atoms with E-state index in [1.807, 2.05) is 11.0 Å². The lowest BCUT2D eigenvalue weighted by Gasteiger charge is -2.31. The summed E-state index contributed by atoms with van der Waals surface area (Å²) in [5.74, 6) is 0.549. The molecule has 1 saturated heterocycles. The molecule has 154 valence electrons. The number of primary amides is 1. The van der Waals surface area contributed by atoms with Gasteiger partial charge in [-0.1, -0.05) is 0 Å². The number of nitrogens with one attached hydrogen (secondary N) is 1. The molecule has 30 heavy (non-hydrogen) atoms. The number of amides is 1. The first-order chi connectivity index (χ1) is 14.5. The Morgan fingerprint density at radius 2 is 2.03 bits per heavy atom. The van der Waals surface area contributed by atoms with Gasteiger partial charge in [0.25, 0.3) is 5.56 Å². The minimum absolute atomic E-state index is 0.0518. The van der Waals surface area contributed by atoms with E-state index in [1.54, 1.807) is 12.3 Å². The maximum atomic E-state index is 13.0. The van der Waals surface area contributed by atoms with Crippen molar-refractivity contribution >= 4 is 28.7 Å². The van der Waals surface area contributed by atoms with E-state index < -0.39 is 0 Å². The van der Waals surface area contributed by atoms with Crippen molar-refractivity contribution in [2.45, 2.75) is 31.6 Å². The molecule has 0 aromatic carbocycles. The van der Waals surface area contributed by atoms with Crippen LogP contribution < -0.4 is 16.2 Å². The highest BCUT2D eigenvalue weighted by Gasteiger charge is 2.31. The van der Waals surface area contributed by atoms with Crippen molar-refractivity contribution in [1.82, 2.24) is 15.0 Å². The summed E-state index contributed by atoms with van der Waals surface area (Å²) in [7, 11) is 0. The molecule has 1 aliphatic carbocycles. The van der Waals surface area contributed by atoms with Gasteiger partial charge >= 0.3 is 0 Å². The normalized spacial score (nSPS) is 19.8. The van der Waals surface area contributed by atoms with E-state index >= 15 is 0 Å². The predicted octanol–water partition coefficient (Wildman–Crippen LogP) is 1.53. The maximum Gasteiger partial charge on any atom is 0.262 e. The Kier molecular flexibility index (Phi) is 4.38. The molecule has 5 rings (SSSR count). The minimum atomic E-state index is -0.315. The van der Waals surface area contributed by atoms with Gasteiger partial charge in [0.1, 0.15) is 5.76 Å². The van der Waals surface area contributed by atoms with E-state index in [0.717, 1.165) is 5.76 Å². The van der Waals surface area contributed by atoms with E-state index in [1.165, 1.54) is 6.20 Å². The summed E-state index contributed by atoms with van der Waals surface area (Å²) >= 11 is 0. The Balaban J connectivity index is 1.52. The Labute approximate surface area is 171 Å². The van der Waals surface area contributed by atoms with Crippen LogP contribution >= 0.6 is 0 Å². The van der Waals surface area contributed by atoms with Gasteiger partial charge in [-0.25, -0.2) is 4.98 Å². The number of fused-ring (bicyclic) bond motifs is 3. The molecule has 9 nitrogen and oxygen atoms in total. The Morgan fingerprint density at radius 1 is 1.23 bits per heavy atom. The fraction of sp³-hybridized carbons (Fsp3) is 0.381. The number of piperidine rings is 1. The van der Waals surface area contributed by atoms with Crippen LogP contribution in [0.4, 0.5) is 5.95 Å². The number of ketones is 1. The van der Waals surface area contributed by atoms with Gasteiger partial charge in [0.2, 0.25) is 11.9 Å². The number of anilines is 1. The first kappa shape index (κ1) is 18.5. The minimum Gasteiger partial charge on any atom is -0.469 e. The second kappa shape index (κ2) is 7.08. The number of aromatic nitrogens is 3. The first-order valence-corrected chi connectivity index (χ1v) is 10.0. The van der Waals surface area contributed by atoms with E-state index in [0.29, 0.717) is 66.9 Å². The van der Waals surface area contributed by atoms with Crippen LogP contribution in [0.25, 0.3) is 11.0 Å². The standard InChI is InChI=1S/C21H21N5O4/c22-18(28)11-3-5-26(6-4-11)21-24-19-17(20(29)25-21)13-8-12(16-2-1-7-30-16)9-15(27)14(13)10-23-19/h1-2,7,10-12H,3-6,8-9H2,(H2,22,28)(H,23,24,25,29). The number of H-pyrrole nitrogens is 1. The zero-order valence-electron chi connectivity index (χ0n) is 16.3. The van der Waals surface area contributed by atoms with Crippen molar-refractivity contribution in [2.75, 3.05) is 18.0 Å². The van der Waals surface area contributed by atoms with Gasteiger partial charge in [0.15, 0.2) is 11.4 Å². The van der Waals surface area contributed by atoms with E-state index in [2.05, 4.69) is 15.0 Å². The molecule has 0 saturated carbocycles. The third-order valence-corrected chi connectivity index (χ3v) is 6.16. The number of carbonyl (C=O) groups is 2. The van der Waals surface area contributed by atoms with Crippen LogP contribution in [0.2, 0.25) is 0 Å². The summed E-state index contributed by atoms with van der Waals surface area (Å²) in [5.41, 5.74) is 6.55. The zero-order valence-corrected chi connectivity index (χ0v) is 16.3. The molecule has 1 aliphatic heterocycles. The predicted molar refractivity (Wildman–Crippen MR) is 108 cm³/mol. The number of hydrogen-bond acceptors (Lipinski definition) is 7. The Hall–Kier alpha value is -3.49. The Morgan fingerprint density at radius 3 is 2.73 bits per heavy atom. The summed E-state index contributed by atoms with van der Waals surface area (Å²) in [6.07, 6.45) is 5.19. The van der Waals surface area contributed by atoms with Crippen LogP contribution in [0.15, 0.2) is 33.8 Å². The number of Topliss-reactive ketones (excluding diaryl/α,β-unsaturated/α-hetero) is 1. The van der Waals surface area contributed by atoms with Crippen LogP contribution in [0.5, 0.6) is 0 Å². The number of nitrogens with zero attached hydrogens (tertiary/aromatic N) is 3. The largest absolute Gasteiger partial charge is 0.469 e. The van der Waals surface area contributed by atoms with Gasteiger partial charge in [-0.15, -0.1) is 0 Å². The fourth-order valence-electron chi connectivity index (χ4n) is 4.51. The second-order valence-corrected chi connectivity index (χ2v) is 7.95. The molecule has 0 spiro atoms. The average molecular weight is 407 g/mol. The number of pyridine rings is 1. The van der Waals surface area contributed by atoms with Gasteiger partial charge in [0.05, 0.1) is 11.6 Å². The molecule has 0 radical (unpaired) electrons. The molecule has 1 unspecified atom stereocenters. The summed E-state index contributed by atoms with van der Waals surface area (Å²) in [6, 6.07) is 3.64. The fourth-order valence-corrected chi connectivity index (χ4v) is 4.51. The highest BCUT2D eigenvalue weighted by atomic mass is 16.3. The monoisotopic (exact) mass is 407 g/mol. The summed E-state index contributed by atoms with van der Waals surface area (Å²) in [6.45, 7) is 1.15. The SMILES string of the molecule is NC(=O)C1CCN(c2nc3ncc4c(c3c(=O)[nH]2)CC(c2ccco2)CC4=O)CC1. The average Bonchev–Trinajstić information content (AvgIpc) is 3.28. The number of aromatic amines is 1. The molecule has 3 aromatic rings. The lowest BCUT2D eigenvalue weighted by molar-refractivity contribution is -0.122. The molecule has 9 heteroatoms. The molecular formula is C21H21N5O4. The van der Waals surface area contributed by atoms with E-state index in [4.69, 9.17) is 10.2 Å². The third-order valence-electron chi connectivity index (χ3n) is 6.16. The molecule has 0 bridgehead atoms. The molecule has 3 aromatic heterocycles. The van der Waals surface area contributed by atoms with Gasteiger partial charge < -0.3 is 15.1 Å². The molecule has 1 amide bonds. The number of furan rings is 1. The second-order valence-electron chi connectivity index (χ2n) is 7.95. The van der Waals surface area contributed by atoms with Crippen LogP contribution in [0.1, 0.15) is 46.9 Å². The van der Waals surface area contributed by atoms with Crippen molar-refractivity contribution in [3.63, 3.8) is 0 Å². The highest BCUT2D eigenvalue weighted by molar-refractivity contribution is 6.02. The lowest BCUT2D eigenvalue weighted by atomic mass is 9.81. The molecule has 1 fully saturated rings. The van der Waals surface area contributed by atoms with Crippen LogP contribution in [0, 0.1) is 5.92 Å². The Bertz CT molecular complexity index is 1190. The van der Waals surface area contributed by atoms with Crippen molar-refractivity contribution in [3.8, 4) is 0 Å². The van der Waals surface area contributed by atoms with Crippen molar-refractivity contribution in [2.24, 2.45) is 11.7 Å². The highest BCUT2D eigenvalue weighted by Crippen LogP contribution is 2.35. The van der Waals surface area contributed by atoms with Gasteiger partial charge in [-0.3, -0.25) is 19.4 Å². The summed E-state index contributed by atoms with van der Waals surface area (Å²) < 4.78 is 5.49. The first-order valence-electron chi connectivity index (χ1n) is 10.0. The number of hydrogen-bond donors (Lipinski definition) is 2. The third kappa shape index (κ3) is 3.06. The topological polar surface area (TPSA) is 135 Å². The molecule has 1 atom stereocenters. The van der Waals surface area contributed by atoms with Crippen molar-refractivity contribution < 1.29 is 14.0 Å². The zero-order chi connectivity index (χ0) is 20.8.